The maximum Gasteiger partial charge on any atom is 0.233 e. The molecule has 0 aliphatic carbocycles. The summed E-state index contributed by atoms with van der Waals surface area (Å²) in [4.78, 5) is 14.8. The van der Waals surface area contributed by atoms with Crippen molar-refractivity contribution in [2.45, 2.75) is 32.4 Å². The predicted molar refractivity (Wildman–Crippen MR) is 84.6 cm³/mol. The Morgan fingerprint density at radius 2 is 1.52 bits per heavy atom. The number of nitrogen functional groups attached to an aromatic ring is 1. The van der Waals surface area contributed by atoms with Gasteiger partial charge in [-0.15, -0.1) is 0 Å². The van der Waals surface area contributed by atoms with E-state index in [4.69, 9.17) is 5.73 Å². The summed E-state index contributed by atoms with van der Waals surface area (Å²) in [6, 6.07) is 15.8. The second-order valence-corrected chi connectivity index (χ2v) is 6.18. The van der Waals surface area contributed by atoms with Gasteiger partial charge in [0.2, 0.25) is 5.91 Å². The summed E-state index contributed by atoms with van der Waals surface area (Å²) in [5, 5.41) is 0. The van der Waals surface area contributed by atoms with Crippen LogP contribution in [0.15, 0.2) is 48.5 Å². The van der Waals surface area contributed by atoms with E-state index in [9.17, 15) is 4.79 Å². The Labute approximate surface area is 125 Å². The van der Waals surface area contributed by atoms with Crippen LogP contribution in [-0.2, 0) is 23.3 Å². The number of amides is 1. The van der Waals surface area contributed by atoms with Gasteiger partial charge in [-0.3, -0.25) is 4.79 Å². The van der Waals surface area contributed by atoms with Gasteiger partial charge in [0.1, 0.15) is 0 Å². The molecular weight excluding hydrogens is 260 g/mol. The number of anilines is 1. The number of carbonyl (C=O) groups is 1. The highest BCUT2D eigenvalue weighted by molar-refractivity contribution is 5.88. The molecule has 0 radical (unpaired) electrons. The van der Waals surface area contributed by atoms with Crippen LogP contribution in [0, 0.1) is 0 Å². The highest BCUT2D eigenvalue weighted by Crippen LogP contribution is 2.31. The van der Waals surface area contributed by atoms with E-state index >= 15 is 0 Å². The molecule has 3 heteroatoms. The smallest absolute Gasteiger partial charge is 0.233 e. The molecule has 2 aromatic rings. The molecule has 108 valence electrons. The molecule has 0 bridgehead atoms. The van der Waals surface area contributed by atoms with E-state index in [0.29, 0.717) is 13.1 Å². The van der Waals surface area contributed by atoms with E-state index in [1.807, 2.05) is 55.1 Å². The maximum absolute atomic E-state index is 12.9. The minimum atomic E-state index is -0.546. The zero-order valence-corrected chi connectivity index (χ0v) is 12.5. The zero-order valence-electron chi connectivity index (χ0n) is 12.5. The molecule has 0 spiro atoms. The standard InChI is InChI=1S/C18H20N2O/c1-18(2,15-7-9-16(19)10-8-15)17(21)20-11-13-5-3-4-6-14(13)12-20/h3-10H,11-12,19H2,1-2H3. The summed E-state index contributed by atoms with van der Waals surface area (Å²) < 4.78 is 0. The lowest BCUT2D eigenvalue weighted by molar-refractivity contribution is -0.136. The van der Waals surface area contributed by atoms with Gasteiger partial charge in [-0.05, 0) is 42.7 Å². The number of hydrogen-bond acceptors (Lipinski definition) is 2. The molecule has 2 aromatic carbocycles. The van der Waals surface area contributed by atoms with Crippen molar-refractivity contribution in [3.05, 3.63) is 65.2 Å². The Morgan fingerprint density at radius 3 is 2.05 bits per heavy atom. The Balaban J connectivity index is 1.84. The van der Waals surface area contributed by atoms with Crippen LogP contribution in [0.3, 0.4) is 0 Å². The fourth-order valence-electron chi connectivity index (χ4n) is 2.90. The van der Waals surface area contributed by atoms with E-state index in [1.54, 1.807) is 0 Å². The second kappa shape index (κ2) is 4.92. The van der Waals surface area contributed by atoms with Gasteiger partial charge in [0, 0.05) is 18.8 Å². The average molecular weight is 280 g/mol. The van der Waals surface area contributed by atoms with Crippen molar-refractivity contribution >= 4 is 11.6 Å². The first-order chi connectivity index (χ1) is 9.98. The van der Waals surface area contributed by atoms with Crippen LogP contribution >= 0.6 is 0 Å². The van der Waals surface area contributed by atoms with Crippen molar-refractivity contribution in [3.63, 3.8) is 0 Å². The molecule has 3 nitrogen and oxygen atoms in total. The van der Waals surface area contributed by atoms with Gasteiger partial charge in [-0.1, -0.05) is 36.4 Å². The Bertz CT molecular complexity index is 649. The first kappa shape index (κ1) is 13.7. The minimum absolute atomic E-state index is 0.156. The SMILES string of the molecule is CC(C)(C(=O)N1Cc2ccccc2C1)c1ccc(N)cc1. The molecule has 0 saturated carbocycles. The fraction of sp³-hybridized carbons (Fsp3) is 0.278. The monoisotopic (exact) mass is 280 g/mol. The topological polar surface area (TPSA) is 46.3 Å². The number of nitrogens with zero attached hydrogens (tertiary/aromatic N) is 1. The summed E-state index contributed by atoms with van der Waals surface area (Å²) in [6.07, 6.45) is 0. The molecule has 0 fully saturated rings. The quantitative estimate of drug-likeness (QED) is 0.859. The van der Waals surface area contributed by atoms with E-state index < -0.39 is 5.41 Å². The van der Waals surface area contributed by atoms with Gasteiger partial charge in [0.05, 0.1) is 5.41 Å². The van der Waals surface area contributed by atoms with E-state index in [0.717, 1.165) is 11.3 Å². The van der Waals surface area contributed by atoms with Crippen LogP contribution in [0.4, 0.5) is 5.69 Å². The largest absolute Gasteiger partial charge is 0.399 e. The molecule has 21 heavy (non-hydrogen) atoms. The Morgan fingerprint density at radius 1 is 1.00 bits per heavy atom. The molecule has 2 N–H and O–H groups in total. The van der Waals surface area contributed by atoms with Gasteiger partial charge in [0.15, 0.2) is 0 Å². The van der Waals surface area contributed by atoms with Crippen LogP contribution in [0.5, 0.6) is 0 Å². The number of benzene rings is 2. The molecule has 1 heterocycles. The van der Waals surface area contributed by atoms with Gasteiger partial charge in [0.25, 0.3) is 0 Å². The van der Waals surface area contributed by atoms with Gasteiger partial charge in [-0.25, -0.2) is 0 Å². The predicted octanol–water partition coefficient (Wildman–Crippen LogP) is 3.09. The minimum Gasteiger partial charge on any atom is -0.399 e. The third-order valence-corrected chi connectivity index (χ3v) is 4.30. The zero-order chi connectivity index (χ0) is 15.0. The van der Waals surface area contributed by atoms with Crippen LogP contribution in [-0.4, -0.2) is 10.8 Å². The Hall–Kier alpha value is -2.29. The summed E-state index contributed by atoms with van der Waals surface area (Å²) in [6.45, 7) is 5.36. The van der Waals surface area contributed by atoms with Crippen molar-refractivity contribution in [1.29, 1.82) is 0 Å². The molecule has 0 atom stereocenters. The molecule has 3 rings (SSSR count). The molecule has 0 unspecified atom stereocenters. The Kier molecular flexibility index (Phi) is 3.20. The number of hydrogen-bond donors (Lipinski definition) is 1. The summed E-state index contributed by atoms with van der Waals surface area (Å²) >= 11 is 0. The average Bonchev–Trinajstić information content (AvgIpc) is 2.90. The molecular formula is C18H20N2O. The molecule has 0 aromatic heterocycles. The van der Waals surface area contributed by atoms with Crippen LogP contribution < -0.4 is 5.73 Å². The molecule has 0 saturated heterocycles. The van der Waals surface area contributed by atoms with Crippen molar-refractivity contribution < 1.29 is 4.79 Å². The van der Waals surface area contributed by atoms with E-state index in [2.05, 4.69) is 12.1 Å². The first-order valence-corrected chi connectivity index (χ1v) is 7.20. The van der Waals surface area contributed by atoms with Crippen LogP contribution in [0.2, 0.25) is 0 Å². The summed E-state index contributed by atoms with van der Waals surface area (Å²) in [5.74, 6) is 0.156. The maximum atomic E-state index is 12.9. The number of fused-ring (bicyclic) bond motifs is 1. The number of carbonyl (C=O) groups excluding carboxylic acids is 1. The fourth-order valence-corrected chi connectivity index (χ4v) is 2.90. The third-order valence-electron chi connectivity index (χ3n) is 4.30. The number of rotatable bonds is 2. The second-order valence-electron chi connectivity index (χ2n) is 6.18. The van der Waals surface area contributed by atoms with E-state index in [-0.39, 0.29) is 5.91 Å². The first-order valence-electron chi connectivity index (χ1n) is 7.20. The summed E-state index contributed by atoms with van der Waals surface area (Å²) in [7, 11) is 0. The molecule has 1 amide bonds. The van der Waals surface area contributed by atoms with E-state index in [1.165, 1.54) is 11.1 Å². The van der Waals surface area contributed by atoms with Crippen molar-refractivity contribution in [2.24, 2.45) is 0 Å². The van der Waals surface area contributed by atoms with Crippen molar-refractivity contribution in [3.8, 4) is 0 Å². The lowest BCUT2D eigenvalue weighted by Gasteiger charge is -2.29. The van der Waals surface area contributed by atoms with Gasteiger partial charge < -0.3 is 10.6 Å². The summed E-state index contributed by atoms with van der Waals surface area (Å²) in [5.41, 5.74) is 9.40. The number of nitrogens with two attached hydrogens (primary N) is 1. The third kappa shape index (κ3) is 2.40. The lowest BCUT2D eigenvalue weighted by Crippen LogP contribution is -2.40. The van der Waals surface area contributed by atoms with Crippen molar-refractivity contribution in [1.82, 2.24) is 4.90 Å². The van der Waals surface area contributed by atoms with Gasteiger partial charge in [-0.2, -0.15) is 0 Å². The highest BCUT2D eigenvalue weighted by Gasteiger charge is 2.36. The highest BCUT2D eigenvalue weighted by atomic mass is 16.2. The normalized spacial score (nSPS) is 14.1. The van der Waals surface area contributed by atoms with Crippen LogP contribution in [0.1, 0.15) is 30.5 Å². The lowest BCUT2D eigenvalue weighted by atomic mass is 9.83. The van der Waals surface area contributed by atoms with Crippen LogP contribution in [0.25, 0.3) is 0 Å². The van der Waals surface area contributed by atoms with Crippen molar-refractivity contribution in [2.75, 3.05) is 5.73 Å². The molecule has 1 aliphatic rings. The molecule has 1 aliphatic heterocycles. The van der Waals surface area contributed by atoms with Gasteiger partial charge >= 0.3 is 0 Å².